The Hall–Kier alpha value is -8.16. The molecule has 32 heteroatoms. The van der Waals surface area contributed by atoms with Crippen LogP contribution in [-0.4, -0.2) is 166 Å². The van der Waals surface area contributed by atoms with Gasteiger partial charge < -0.3 is 87.8 Å². The average molecular weight is 1130 g/mol. The Kier molecular flexibility index (Phi) is 33.0. The van der Waals surface area contributed by atoms with Crippen molar-refractivity contribution < 1.29 is 82.4 Å². The van der Waals surface area contributed by atoms with Crippen molar-refractivity contribution in [2.45, 2.75) is 153 Å². The molecule has 0 aliphatic rings. The Morgan fingerprint density at radius 3 is 1.39 bits per heavy atom. The highest BCUT2D eigenvalue weighted by molar-refractivity contribution is 5.99. The first kappa shape index (κ1) is 70.8. The minimum atomic E-state index is -1.96. The standard InChI is InChI=1S/C47H79N15O17/c1-22(16-38(50)71)42(76)58-23(2)32(65)10-13-39(72)59-28(6-4-14-56-46(52)53)34(67)18-26(21-63)44(78)62-31(20-40(73)74)35(68)19-27(24(3)64)45(79)60-29(7-5-15-57-47(54)55)33(66)17-25(8-11-36(48)69)43(77)61-30(41(51)75)9-12-37(49)70/h22-31,63-64H,4-21H2,1-3H3,(H2,48,69)(H2,49,70)(H2,50,71)(H2,51,75)(H,58,76)(H,59,72)(H,60,79)(H,61,77)(H,62,78)(H,73,74)(H4,52,53,56)(H4,54,55,57)/t22-,23-,24+,25+,26-,27-,28-,29-,30-,31-/m0/s1. The van der Waals surface area contributed by atoms with E-state index in [9.17, 15) is 82.4 Å². The molecule has 0 spiro atoms. The van der Waals surface area contributed by atoms with Gasteiger partial charge in [0, 0.05) is 76.3 Å². The second kappa shape index (κ2) is 36.8. The molecule has 0 aromatic carbocycles. The monoisotopic (exact) mass is 1130 g/mol. The molecule has 0 aliphatic heterocycles. The lowest BCUT2D eigenvalue weighted by Crippen LogP contribution is -2.51. The summed E-state index contributed by atoms with van der Waals surface area (Å²) in [5, 5.41) is 42.6. The molecule has 0 rings (SSSR count). The highest BCUT2D eigenvalue weighted by Crippen LogP contribution is 2.20. The maximum absolute atomic E-state index is 14.0. The first-order valence-corrected chi connectivity index (χ1v) is 25.2. The number of ketones is 4. The highest BCUT2D eigenvalue weighted by atomic mass is 16.4. The van der Waals surface area contributed by atoms with Crippen LogP contribution in [0.1, 0.15) is 117 Å². The van der Waals surface area contributed by atoms with Crippen LogP contribution in [0.25, 0.3) is 0 Å². The zero-order valence-corrected chi connectivity index (χ0v) is 44.6. The molecule has 0 aromatic heterocycles. The molecule has 0 saturated heterocycles. The molecule has 0 heterocycles. The highest BCUT2D eigenvalue weighted by Gasteiger charge is 2.37. The predicted octanol–water partition coefficient (Wildman–Crippen LogP) is -7.01. The van der Waals surface area contributed by atoms with E-state index in [0.717, 1.165) is 6.92 Å². The average Bonchev–Trinajstić information content (AvgIpc) is 3.34. The largest absolute Gasteiger partial charge is 0.481 e. The number of nitrogens with zero attached hydrogens (tertiary/aromatic N) is 2. The van der Waals surface area contributed by atoms with Crippen molar-refractivity contribution in [1.29, 1.82) is 0 Å². The topological polar surface area (TPSA) is 593 Å². The van der Waals surface area contributed by atoms with E-state index in [-0.39, 0.29) is 76.4 Å². The summed E-state index contributed by atoms with van der Waals surface area (Å²) in [6.45, 7) is 2.72. The van der Waals surface area contributed by atoms with E-state index in [1.54, 1.807) is 0 Å². The van der Waals surface area contributed by atoms with Crippen molar-refractivity contribution in [3.8, 4) is 0 Å². The van der Waals surface area contributed by atoms with E-state index < -0.39 is 194 Å². The number of amides is 9. The zero-order valence-electron chi connectivity index (χ0n) is 44.6. The SMILES string of the molecule is C[C@H](NC(=O)[C@@H](C)CC(N)=O)C(=O)CCC(=O)N[C@@H](CCCN=C(N)N)C(=O)C[C@@H](CO)C(=O)N[C@@H](CC(=O)O)C(=O)C[C@H](C(=O)N[C@@H](CCCN=C(N)N)C(=O)C[C@@H](CCC(N)=O)C(=O)N[C@@H](CCC(N)=O)C(N)=O)[C@@H](C)O. The van der Waals surface area contributed by atoms with Gasteiger partial charge in [-0.1, -0.05) is 6.92 Å². The van der Waals surface area contributed by atoms with Crippen molar-refractivity contribution in [2.24, 2.45) is 79.5 Å². The van der Waals surface area contributed by atoms with Gasteiger partial charge in [-0.2, -0.15) is 0 Å². The molecule has 0 fully saturated rings. The Morgan fingerprint density at radius 1 is 0.456 bits per heavy atom. The van der Waals surface area contributed by atoms with Gasteiger partial charge in [-0.25, -0.2) is 0 Å². The summed E-state index contributed by atoms with van der Waals surface area (Å²) in [6.07, 6.45) is -8.15. The second-order valence-corrected chi connectivity index (χ2v) is 18.9. The van der Waals surface area contributed by atoms with Gasteiger partial charge in [0.15, 0.2) is 35.1 Å². The fourth-order valence-electron chi connectivity index (χ4n) is 7.53. The van der Waals surface area contributed by atoms with Crippen molar-refractivity contribution in [2.75, 3.05) is 19.7 Å². The van der Waals surface area contributed by atoms with E-state index >= 15 is 0 Å². The number of aliphatic hydroxyl groups is 2. The van der Waals surface area contributed by atoms with Crippen molar-refractivity contribution in [3.05, 3.63) is 0 Å². The molecule has 9 amide bonds. The molecule has 0 unspecified atom stereocenters. The molecular weight excluding hydrogens is 1050 g/mol. The summed E-state index contributed by atoms with van der Waals surface area (Å²) in [7, 11) is 0. The number of primary amides is 4. The van der Waals surface area contributed by atoms with Crippen molar-refractivity contribution in [3.63, 3.8) is 0 Å². The van der Waals surface area contributed by atoms with Gasteiger partial charge in [0.2, 0.25) is 53.2 Å². The molecule has 24 N–H and O–H groups in total. The van der Waals surface area contributed by atoms with Crippen LogP contribution in [0.3, 0.4) is 0 Å². The number of Topliss-reactive ketones (excluding diaryl/α,β-unsaturated/α-hetero) is 4. The summed E-state index contributed by atoms with van der Waals surface area (Å²) in [5.41, 5.74) is 42.5. The number of aliphatic carboxylic acids is 1. The maximum atomic E-state index is 14.0. The molecule has 444 valence electrons. The van der Waals surface area contributed by atoms with Crippen LogP contribution in [0.5, 0.6) is 0 Å². The minimum absolute atomic E-state index is 0.0126. The quantitative estimate of drug-likeness (QED) is 0.0153. The van der Waals surface area contributed by atoms with Gasteiger partial charge in [-0.3, -0.25) is 77.1 Å². The first-order valence-electron chi connectivity index (χ1n) is 25.2. The number of hydrogen-bond acceptors (Lipinski definition) is 18. The van der Waals surface area contributed by atoms with Gasteiger partial charge in [0.05, 0.1) is 55.1 Å². The number of guanidine groups is 2. The Labute approximate surface area is 454 Å². The molecule has 0 bridgehead atoms. The third-order valence-corrected chi connectivity index (χ3v) is 12.1. The lowest BCUT2D eigenvalue weighted by atomic mass is 9.89. The van der Waals surface area contributed by atoms with Crippen LogP contribution in [0.4, 0.5) is 0 Å². The second-order valence-electron chi connectivity index (χ2n) is 18.9. The molecule has 0 aliphatic carbocycles. The first-order chi connectivity index (χ1) is 36.8. The number of nitrogens with two attached hydrogens (primary N) is 8. The lowest BCUT2D eigenvalue weighted by molar-refractivity contribution is -0.142. The van der Waals surface area contributed by atoms with Gasteiger partial charge in [0.1, 0.15) is 6.04 Å². The van der Waals surface area contributed by atoms with Crippen molar-refractivity contribution >= 4 is 94.2 Å². The summed E-state index contributed by atoms with van der Waals surface area (Å²) in [4.78, 5) is 187. The zero-order chi connectivity index (χ0) is 60.7. The van der Waals surface area contributed by atoms with Crippen molar-refractivity contribution in [1.82, 2.24) is 26.6 Å². The smallest absolute Gasteiger partial charge is 0.305 e. The predicted molar refractivity (Wildman–Crippen MR) is 279 cm³/mol. The number of aliphatic hydroxyl groups excluding tert-OH is 2. The molecule has 0 saturated carbocycles. The maximum Gasteiger partial charge on any atom is 0.305 e. The number of nitrogens with one attached hydrogen (secondary N) is 5. The summed E-state index contributed by atoms with van der Waals surface area (Å²) in [6, 6.07) is -7.34. The Balaban J connectivity index is 6.52. The van der Waals surface area contributed by atoms with Crippen LogP contribution in [0.15, 0.2) is 9.98 Å². The van der Waals surface area contributed by atoms with Gasteiger partial charge in [-0.05, 0) is 52.4 Å². The minimum Gasteiger partial charge on any atom is -0.481 e. The normalized spacial score (nSPS) is 14.7. The number of rotatable bonds is 43. The number of carboxylic acid groups (broad SMARTS) is 1. The van der Waals surface area contributed by atoms with Crippen LogP contribution in [0, 0.1) is 23.7 Å². The van der Waals surface area contributed by atoms with Gasteiger partial charge >= 0.3 is 5.97 Å². The van der Waals surface area contributed by atoms with Gasteiger partial charge in [-0.15, -0.1) is 0 Å². The van der Waals surface area contributed by atoms with E-state index in [0.29, 0.717) is 0 Å². The van der Waals surface area contributed by atoms with E-state index in [2.05, 4.69) is 36.6 Å². The molecule has 32 nitrogen and oxygen atoms in total. The summed E-state index contributed by atoms with van der Waals surface area (Å²) >= 11 is 0. The lowest BCUT2D eigenvalue weighted by Gasteiger charge is -2.26. The summed E-state index contributed by atoms with van der Waals surface area (Å²) < 4.78 is 0. The molecule has 10 atom stereocenters. The van der Waals surface area contributed by atoms with Crippen LogP contribution >= 0.6 is 0 Å². The van der Waals surface area contributed by atoms with Crippen LogP contribution < -0.4 is 72.5 Å². The van der Waals surface area contributed by atoms with Gasteiger partial charge in [0.25, 0.3) is 0 Å². The third-order valence-electron chi connectivity index (χ3n) is 12.1. The fourth-order valence-corrected chi connectivity index (χ4v) is 7.53. The molecule has 0 radical (unpaired) electrons. The fraction of sp³-hybridized carbons (Fsp3) is 0.660. The van der Waals surface area contributed by atoms with Crippen LogP contribution in [0.2, 0.25) is 0 Å². The van der Waals surface area contributed by atoms with Crippen LogP contribution in [-0.2, 0) is 67.1 Å². The van der Waals surface area contributed by atoms with E-state index in [1.165, 1.54) is 13.8 Å². The van der Waals surface area contributed by atoms with E-state index in [4.69, 9.17) is 45.9 Å². The third kappa shape index (κ3) is 30.4. The summed E-state index contributed by atoms with van der Waals surface area (Å²) in [5.74, 6) is -19.5. The number of carboxylic acids is 1. The number of carbonyl (C=O) groups is 14. The number of aliphatic imine (C=N–C) groups is 2. The molecule has 79 heavy (non-hydrogen) atoms. The molecule has 0 aromatic rings. The van der Waals surface area contributed by atoms with E-state index in [1.807, 2.05) is 0 Å². The number of carbonyl (C=O) groups excluding carboxylic acids is 13. The molecular formula is C47H79N15O17. The number of hydrogen-bond donors (Lipinski definition) is 16. The Morgan fingerprint density at radius 2 is 0.924 bits per heavy atom. The Bertz CT molecular complexity index is 2250.